The molecule has 0 atom stereocenters. The number of hydrogen-bond donors (Lipinski definition) is 2. The van der Waals surface area contributed by atoms with Crippen LogP contribution in [0.4, 0.5) is 5.69 Å². The molecule has 1 fully saturated rings. The van der Waals surface area contributed by atoms with Crippen molar-refractivity contribution < 1.29 is 5.11 Å². The van der Waals surface area contributed by atoms with Gasteiger partial charge in [0.15, 0.2) is 0 Å². The number of halogens is 1. The summed E-state index contributed by atoms with van der Waals surface area (Å²) >= 11 is 0. The minimum absolute atomic E-state index is 0. The molecule has 0 unspecified atom stereocenters. The normalized spacial score (nSPS) is 21.4. The van der Waals surface area contributed by atoms with E-state index in [0.717, 1.165) is 31.1 Å². The van der Waals surface area contributed by atoms with E-state index in [4.69, 9.17) is 5.73 Å². The molecular formula is C17H24ClN3O. The number of benzene rings is 1. The van der Waals surface area contributed by atoms with Gasteiger partial charge in [-0.05, 0) is 37.8 Å². The van der Waals surface area contributed by atoms with Crippen molar-refractivity contribution in [2.75, 3.05) is 18.1 Å². The van der Waals surface area contributed by atoms with E-state index in [1.54, 1.807) is 0 Å². The Morgan fingerprint density at radius 2 is 1.95 bits per heavy atom. The Bertz CT molecular complexity index is 594. The van der Waals surface area contributed by atoms with Crippen LogP contribution in [0.5, 0.6) is 0 Å². The van der Waals surface area contributed by atoms with Crippen molar-refractivity contribution in [3.63, 3.8) is 0 Å². The van der Waals surface area contributed by atoms with E-state index < -0.39 is 0 Å². The molecule has 1 aromatic carbocycles. The molecule has 1 saturated carbocycles. The van der Waals surface area contributed by atoms with Crippen LogP contribution in [0.2, 0.25) is 0 Å². The highest BCUT2D eigenvalue weighted by Gasteiger charge is 2.25. The van der Waals surface area contributed by atoms with E-state index in [1.165, 1.54) is 11.1 Å². The number of pyridine rings is 1. The van der Waals surface area contributed by atoms with Gasteiger partial charge in [-0.2, -0.15) is 0 Å². The first-order chi connectivity index (χ1) is 10.3. The summed E-state index contributed by atoms with van der Waals surface area (Å²) in [4.78, 5) is 6.55. The zero-order valence-electron chi connectivity index (χ0n) is 12.7. The molecule has 1 aliphatic rings. The summed E-state index contributed by atoms with van der Waals surface area (Å²) in [5, 5.41) is 11.8. The Hall–Kier alpha value is -1.36. The van der Waals surface area contributed by atoms with E-state index in [-0.39, 0.29) is 19.0 Å². The topological polar surface area (TPSA) is 62.4 Å². The number of hydrogen-bond acceptors (Lipinski definition) is 4. The molecule has 1 aromatic heterocycles. The average Bonchev–Trinajstić information content (AvgIpc) is 2.53. The Kier molecular flexibility index (Phi) is 6.00. The van der Waals surface area contributed by atoms with Crippen LogP contribution in [0, 0.1) is 0 Å². The number of anilines is 1. The van der Waals surface area contributed by atoms with Gasteiger partial charge in [-0.3, -0.25) is 4.98 Å². The molecule has 0 aliphatic heterocycles. The van der Waals surface area contributed by atoms with Gasteiger partial charge in [0.2, 0.25) is 0 Å². The van der Waals surface area contributed by atoms with Crippen LogP contribution >= 0.6 is 12.4 Å². The Balaban J connectivity index is 0.00000176. The maximum absolute atomic E-state index is 9.47. The van der Waals surface area contributed by atoms with E-state index in [0.29, 0.717) is 18.6 Å². The molecule has 4 nitrogen and oxygen atoms in total. The third-order valence-electron chi connectivity index (χ3n) is 4.49. The Morgan fingerprint density at radius 3 is 2.68 bits per heavy atom. The molecule has 0 amide bonds. The number of nitrogens with two attached hydrogens (primary N) is 1. The van der Waals surface area contributed by atoms with Gasteiger partial charge in [-0.15, -0.1) is 12.4 Å². The maximum atomic E-state index is 9.47. The predicted octanol–water partition coefficient (Wildman–Crippen LogP) is 2.73. The standard InChI is InChI=1S/C17H23N3O.ClH/c18-14-4-6-15(7-5-14)20(10-11-21)17-3-1-2-13-12-19-9-8-16(13)17;/h1-3,8-9,12,14-15,21H,4-7,10-11,18H2;1H. The van der Waals surface area contributed by atoms with Crippen LogP contribution in [0.3, 0.4) is 0 Å². The number of aromatic nitrogens is 1. The molecule has 0 saturated heterocycles. The fraction of sp³-hybridized carbons (Fsp3) is 0.471. The zero-order valence-corrected chi connectivity index (χ0v) is 13.5. The molecule has 2 aromatic rings. The number of aliphatic hydroxyl groups excluding tert-OH is 1. The van der Waals surface area contributed by atoms with Crippen molar-refractivity contribution in [1.82, 2.24) is 4.98 Å². The van der Waals surface area contributed by atoms with E-state index in [9.17, 15) is 5.11 Å². The molecule has 0 spiro atoms. The third kappa shape index (κ3) is 3.51. The van der Waals surface area contributed by atoms with Gasteiger partial charge in [-0.1, -0.05) is 12.1 Å². The summed E-state index contributed by atoms with van der Waals surface area (Å²) in [6.07, 6.45) is 8.07. The van der Waals surface area contributed by atoms with Crippen molar-refractivity contribution >= 4 is 28.9 Å². The minimum atomic E-state index is 0. The molecular weight excluding hydrogens is 298 g/mol. The summed E-state index contributed by atoms with van der Waals surface area (Å²) in [7, 11) is 0. The molecule has 0 bridgehead atoms. The highest BCUT2D eigenvalue weighted by molar-refractivity contribution is 5.93. The zero-order chi connectivity index (χ0) is 14.7. The summed E-state index contributed by atoms with van der Waals surface area (Å²) in [6.45, 7) is 0.839. The number of rotatable bonds is 4. The number of nitrogens with zero attached hydrogens (tertiary/aromatic N) is 2. The first kappa shape index (κ1) is 17.0. The first-order valence-corrected chi connectivity index (χ1v) is 7.75. The van der Waals surface area contributed by atoms with Crippen LogP contribution in [0.1, 0.15) is 25.7 Å². The van der Waals surface area contributed by atoms with Crippen LogP contribution in [0.15, 0.2) is 36.7 Å². The van der Waals surface area contributed by atoms with Gasteiger partial charge in [0, 0.05) is 47.5 Å². The molecule has 22 heavy (non-hydrogen) atoms. The first-order valence-electron chi connectivity index (χ1n) is 7.75. The molecule has 120 valence electrons. The molecule has 0 radical (unpaired) electrons. The fourth-order valence-corrected chi connectivity index (χ4v) is 3.38. The lowest BCUT2D eigenvalue weighted by molar-refractivity contribution is 0.287. The van der Waals surface area contributed by atoms with Gasteiger partial charge < -0.3 is 15.7 Å². The predicted molar refractivity (Wildman–Crippen MR) is 93.7 cm³/mol. The van der Waals surface area contributed by atoms with Crippen LogP contribution < -0.4 is 10.6 Å². The Labute approximate surface area is 137 Å². The summed E-state index contributed by atoms with van der Waals surface area (Å²) < 4.78 is 0. The second kappa shape index (κ2) is 7.77. The van der Waals surface area contributed by atoms with Gasteiger partial charge in [0.05, 0.1) is 6.61 Å². The van der Waals surface area contributed by atoms with Crippen molar-refractivity contribution in [2.24, 2.45) is 5.73 Å². The van der Waals surface area contributed by atoms with Gasteiger partial charge >= 0.3 is 0 Å². The number of aliphatic hydroxyl groups is 1. The van der Waals surface area contributed by atoms with E-state index >= 15 is 0 Å². The lowest BCUT2D eigenvalue weighted by Crippen LogP contribution is -2.42. The Morgan fingerprint density at radius 1 is 1.18 bits per heavy atom. The number of fused-ring (bicyclic) bond motifs is 1. The smallest absolute Gasteiger partial charge is 0.0606 e. The lowest BCUT2D eigenvalue weighted by atomic mass is 9.90. The van der Waals surface area contributed by atoms with E-state index in [1.807, 2.05) is 12.4 Å². The SMILES string of the molecule is Cl.NC1CCC(N(CCO)c2cccc3cnccc23)CC1. The lowest BCUT2D eigenvalue weighted by Gasteiger charge is -2.38. The summed E-state index contributed by atoms with van der Waals surface area (Å²) in [5.74, 6) is 0. The monoisotopic (exact) mass is 321 g/mol. The fourth-order valence-electron chi connectivity index (χ4n) is 3.38. The van der Waals surface area contributed by atoms with Crippen molar-refractivity contribution in [2.45, 2.75) is 37.8 Å². The van der Waals surface area contributed by atoms with E-state index in [2.05, 4.69) is 34.1 Å². The van der Waals surface area contributed by atoms with Crippen molar-refractivity contribution in [3.05, 3.63) is 36.7 Å². The second-order valence-electron chi connectivity index (χ2n) is 5.86. The quantitative estimate of drug-likeness (QED) is 0.909. The van der Waals surface area contributed by atoms with Gasteiger partial charge in [-0.25, -0.2) is 0 Å². The van der Waals surface area contributed by atoms with Crippen molar-refractivity contribution in [1.29, 1.82) is 0 Å². The summed E-state index contributed by atoms with van der Waals surface area (Å²) in [6, 6.07) is 9.17. The molecule has 3 rings (SSSR count). The third-order valence-corrected chi connectivity index (χ3v) is 4.49. The van der Waals surface area contributed by atoms with Gasteiger partial charge in [0.1, 0.15) is 0 Å². The maximum Gasteiger partial charge on any atom is 0.0606 e. The molecule has 1 aliphatic carbocycles. The highest BCUT2D eigenvalue weighted by atomic mass is 35.5. The molecule has 5 heteroatoms. The molecule has 3 N–H and O–H groups in total. The van der Waals surface area contributed by atoms with Gasteiger partial charge in [0.25, 0.3) is 0 Å². The average molecular weight is 322 g/mol. The second-order valence-corrected chi connectivity index (χ2v) is 5.86. The van der Waals surface area contributed by atoms with Crippen LogP contribution in [0.25, 0.3) is 10.8 Å². The minimum Gasteiger partial charge on any atom is -0.395 e. The van der Waals surface area contributed by atoms with Crippen molar-refractivity contribution in [3.8, 4) is 0 Å². The molecule has 1 heterocycles. The van der Waals surface area contributed by atoms with Crippen LogP contribution in [-0.4, -0.2) is 35.3 Å². The largest absolute Gasteiger partial charge is 0.395 e. The van der Waals surface area contributed by atoms with Crippen LogP contribution in [-0.2, 0) is 0 Å². The highest BCUT2D eigenvalue weighted by Crippen LogP contribution is 2.31. The summed E-state index contributed by atoms with van der Waals surface area (Å²) in [5.41, 5.74) is 7.22.